The maximum Gasteiger partial charge on any atom is 0.242 e. The summed E-state index contributed by atoms with van der Waals surface area (Å²) in [7, 11) is -3.29. The second-order valence-electron chi connectivity index (χ2n) is 4.48. The number of carbonyl (C=O) groups is 1. The second-order valence-corrected chi connectivity index (χ2v) is 6.46. The normalized spacial score (nSPS) is 18.1. The Morgan fingerprint density at radius 3 is 2.50 bits per heavy atom. The lowest BCUT2D eigenvalue weighted by Crippen LogP contribution is -2.52. The lowest BCUT2D eigenvalue weighted by atomic mass is 10.2. The average Bonchev–Trinajstić information content (AvgIpc) is 2.27. The molecule has 0 aliphatic carbocycles. The Balaban J connectivity index is 2.18. The number of hydrogen-bond acceptors (Lipinski definition) is 3. The molecule has 0 unspecified atom stereocenters. The quantitative estimate of drug-likeness (QED) is 0.789. The molecule has 0 atom stereocenters. The molecule has 0 aromatic heterocycles. The van der Waals surface area contributed by atoms with E-state index in [9.17, 15) is 13.2 Å². The van der Waals surface area contributed by atoms with Crippen LogP contribution in [0.5, 0.6) is 0 Å². The smallest absolute Gasteiger partial charge is 0.242 e. The van der Waals surface area contributed by atoms with Crippen LogP contribution >= 0.6 is 0 Å². The lowest BCUT2D eigenvalue weighted by molar-refractivity contribution is -0.119. The molecule has 2 rings (SSSR count). The van der Waals surface area contributed by atoms with Gasteiger partial charge >= 0.3 is 0 Å². The van der Waals surface area contributed by atoms with E-state index in [1.807, 2.05) is 31.2 Å². The number of sulfonamides is 1. The van der Waals surface area contributed by atoms with Gasteiger partial charge in [0.15, 0.2) is 0 Å². The number of hydrogen-bond donors (Lipinski definition) is 0. The molecule has 1 amide bonds. The van der Waals surface area contributed by atoms with Gasteiger partial charge in [0.2, 0.25) is 15.9 Å². The van der Waals surface area contributed by atoms with Crippen molar-refractivity contribution in [3.63, 3.8) is 0 Å². The summed E-state index contributed by atoms with van der Waals surface area (Å²) < 4.78 is 24.0. The summed E-state index contributed by atoms with van der Waals surface area (Å²) in [5, 5.41) is 0. The van der Waals surface area contributed by atoms with Gasteiger partial charge in [-0.3, -0.25) is 4.79 Å². The fourth-order valence-electron chi connectivity index (χ4n) is 2.00. The van der Waals surface area contributed by atoms with E-state index >= 15 is 0 Å². The largest absolute Gasteiger partial charge is 0.310 e. The van der Waals surface area contributed by atoms with Crippen LogP contribution in [0.3, 0.4) is 0 Å². The summed E-state index contributed by atoms with van der Waals surface area (Å²) in [5.41, 5.74) is 1.90. The zero-order chi connectivity index (χ0) is 13.3. The molecule has 0 radical (unpaired) electrons. The Morgan fingerprint density at radius 2 is 1.94 bits per heavy atom. The van der Waals surface area contributed by atoms with Crippen LogP contribution in [0.2, 0.25) is 0 Å². The number of nitrogens with zero attached hydrogens (tertiary/aromatic N) is 2. The van der Waals surface area contributed by atoms with E-state index in [4.69, 9.17) is 0 Å². The zero-order valence-corrected chi connectivity index (χ0v) is 11.3. The highest BCUT2D eigenvalue weighted by Gasteiger charge is 2.29. The summed E-state index contributed by atoms with van der Waals surface area (Å²) in [4.78, 5) is 13.6. The Morgan fingerprint density at radius 1 is 1.22 bits per heavy atom. The molecule has 6 heteroatoms. The topological polar surface area (TPSA) is 57.7 Å². The third-order valence-electron chi connectivity index (χ3n) is 2.97. The van der Waals surface area contributed by atoms with Crippen molar-refractivity contribution >= 4 is 21.6 Å². The van der Waals surface area contributed by atoms with Gasteiger partial charge in [-0.1, -0.05) is 12.1 Å². The molecule has 0 spiro atoms. The first-order valence-electron chi connectivity index (χ1n) is 5.70. The van der Waals surface area contributed by atoms with Gasteiger partial charge in [0, 0.05) is 18.8 Å². The molecule has 1 saturated heterocycles. The molecular weight excluding hydrogens is 252 g/mol. The molecule has 1 aromatic carbocycles. The molecule has 5 nitrogen and oxygen atoms in total. The van der Waals surface area contributed by atoms with Crippen molar-refractivity contribution in [3.05, 3.63) is 29.8 Å². The minimum Gasteiger partial charge on any atom is -0.310 e. The van der Waals surface area contributed by atoms with Crippen LogP contribution in [-0.4, -0.2) is 44.5 Å². The van der Waals surface area contributed by atoms with E-state index in [0.29, 0.717) is 13.1 Å². The molecule has 1 aromatic rings. The minimum atomic E-state index is -3.29. The number of aryl methyl sites for hydroxylation is 1. The van der Waals surface area contributed by atoms with Crippen LogP contribution in [0.4, 0.5) is 5.69 Å². The van der Waals surface area contributed by atoms with E-state index in [2.05, 4.69) is 0 Å². The van der Waals surface area contributed by atoms with Crippen LogP contribution in [0, 0.1) is 6.92 Å². The molecule has 18 heavy (non-hydrogen) atoms. The third-order valence-corrected chi connectivity index (χ3v) is 4.22. The Hall–Kier alpha value is -1.40. The lowest BCUT2D eigenvalue weighted by Gasteiger charge is -2.33. The predicted octanol–water partition coefficient (Wildman–Crippen LogP) is 0.603. The zero-order valence-electron chi connectivity index (χ0n) is 10.5. The molecule has 1 aliphatic rings. The molecular formula is C12H16N2O3S. The number of benzene rings is 1. The summed E-state index contributed by atoms with van der Waals surface area (Å²) in [6.45, 7) is 2.63. The molecule has 1 aliphatic heterocycles. The monoisotopic (exact) mass is 268 g/mol. The van der Waals surface area contributed by atoms with E-state index in [1.165, 1.54) is 4.31 Å². The maximum atomic E-state index is 12.0. The van der Waals surface area contributed by atoms with Crippen LogP contribution in [0.15, 0.2) is 24.3 Å². The SMILES string of the molecule is Cc1cccc(N2CCN(S(C)(=O)=O)CC2=O)c1. The fraction of sp³-hybridized carbons (Fsp3) is 0.417. The fourth-order valence-corrected chi connectivity index (χ4v) is 2.76. The third kappa shape index (κ3) is 2.70. The Bertz CT molecular complexity index is 568. The van der Waals surface area contributed by atoms with Gasteiger partial charge in [-0.05, 0) is 24.6 Å². The molecule has 1 fully saturated rings. The van der Waals surface area contributed by atoms with Crippen molar-refractivity contribution in [2.24, 2.45) is 0 Å². The van der Waals surface area contributed by atoms with Gasteiger partial charge in [0.05, 0.1) is 12.8 Å². The van der Waals surface area contributed by atoms with Gasteiger partial charge in [-0.15, -0.1) is 0 Å². The molecule has 0 bridgehead atoms. The van der Waals surface area contributed by atoms with Crippen molar-refractivity contribution in [1.29, 1.82) is 0 Å². The standard InChI is InChI=1S/C12H16N2O3S/c1-10-4-3-5-11(8-10)14-7-6-13(9-12(14)15)18(2,16)17/h3-5,8H,6-7,9H2,1-2H3. The number of carbonyl (C=O) groups excluding carboxylic acids is 1. The van der Waals surface area contributed by atoms with E-state index in [-0.39, 0.29) is 12.5 Å². The molecule has 0 N–H and O–H groups in total. The first kappa shape index (κ1) is 13.0. The Kier molecular flexibility index (Phi) is 3.41. The molecule has 1 heterocycles. The van der Waals surface area contributed by atoms with Crippen molar-refractivity contribution in [1.82, 2.24) is 4.31 Å². The van der Waals surface area contributed by atoms with Crippen LogP contribution in [0.1, 0.15) is 5.56 Å². The summed E-state index contributed by atoms with van der Waals surface area (Å²) in [6.07, 6.45) is 1.13. The van der Waals surface area contributed by atoms with Gasteiger partial charge in [0.25, 0.3) is 0 Å². The molecule has 0 saturated carbocycles. The second kappa shape index (κ2) is 4.70. The van der Waals surface area contributed by atoms with E-state index in [1.54, 1.807) is 4.90 Å². The van der Waals surface area contributed by atoms with Crippen molar-refractivity contribution in [2.45, 2.75) is 6.92 Å². The van der Waals surface area contributed by atoms with E-state index < -0.39 is 10.0 Å². The molecule has 98 valence electrons. The summed E-state index contributed by atoms with van der Waals surface area (Å²) >= 11 is 0. The first-order valence-corrected chi connectivity index (χ1v) is 7.55. The highest BCUT2D eigenvalue weighted by atomic mass is 32.2. The van der Waals surface area contributed by atoms with Gasteiger partial charge in [0.1, 0.15) is 0 Å². The van der Waals surface area contributed by atoms with Crippen LogP contribution in [0.25, 0.3) is 0 Å². The maximum absolute atomic E-state index is 12.0. The number of rotatable bonds is 2. The first-order chi connectivity index (χ1) is 8.38. The predicted molar refractivity (Wildman–Crippen MR) is 69.9 cm³/mol. The summed E-state index contributed by atoms with van der Waals surface area (Å²) in [5.74, 6) is -0.183. The number of anilines is 1. The van der Waals surface area contributed by atoms with E-state index in [0.717, 1.165) is 17.5 Å². The minimum absolute atomic E-state index is 0.0766. The van der Waals surface area contributed by atoms with Crippen LogP contribution < -0.4 is 4.90 Å². The van der Waals surface area contributed by atoms with Gasteiger partial charge in [-0.2, -0.15) is 4.31 Å². The van der Waals surface area contributed by atoms with Crippen molar-refractivity contribution in [3.8, 4) is 0 Å². The van der Waals surface area contributed by atoms with Crippen molar-refractivity contribution in [2.75, 3.05) is 30.8 Å². The van der Waals surface area contributed by atoms with Gasteiger partial charge in [-0.25, -0.2) is 8.42 Å². The number of amides is 1. The summed E-state index contributed by atoms with van der Waals surface area (Å²) in [6, 6.07) is 7.64. The van der Waals surface area contributed by atoms with Gasteiger partial charge < -0.3 is 4.90 Å². The number of piperazine rings is 1. The Labute approximate surface area is 107 Å². The van der Waals surface area contributed by atoms with Crippen LogP contribution in [-0.2, 0) is 14.8 Å². The highest BCUT2D eigenvalue weighted by Crippen LogP contribution is 2.19. The van der Waals surface area contributed by atoms with Crippen molar-refractivity contribution < 1.29 is 13.2 Å². The average molecular weight is 268 g/mol. The highest BCUT2D eigenvalue weighted by molar-refractivity contribution is 7.88.